The summed E-state index contributed by atoms with van der Waals surface area (Å²) in [6.45, 7) is 0.669. The molecule has 1 aromatic carbocycles. The van der Waals surface area contributed by atoms with Gasteiger partial charge in [-0.25, -0.2) is 9.97 Å². The predicted molar refractivity (Wildman–Crippen MR) is 65.2 cm³/mol. The van der Waals surface area contributed by atoms with Gasteiger partial charge in [0.15, 0.2) is 0 Å². The molecule has 0 unspecified atom stereocenters. The Hall–Kier alpha value is -1.45. The molecule has 0 bridgehead atoms. The molecule has 0 aliphatic carbocycles. The van der Waals surface area contributed by atoms with Crippen molar-refractivity contribution in [3.05, 3.63) is 47.5 Å². The number of benzene rings is 1. The van der Waals surface area contributed by atoms with E-state index in [0.29, 0.717) is 11.6 Å². The van der Waals surface area contributed by atoms with Crippen LogP contribution in [0.4, 0.5) is 0 Å². The van der Waals surface area contributed by atoms with Crippen molar-refractivity contribution in [1.82, 2.24) is 15.3 Å². The van der Waals surface area contributed by atoms with Gasteiger partial charge >= 0.3 is 0 Å². The second-order valence-corrected chi connectivity index (χ2v) is 3.81. The van der Waals surface area contributed by atoms with Crippen molar-refractivity contribution in [2.45, 2.75) is 6.54 Å². The maximum atomic E-state index is 6.09. The molecule has 0 aliphatic heterocycles. The van der Waals surface area contributed by atoms with E-state index in [9.17, 15) is 0 Å². The van der Waals surface area contributed by atoms with E-state index in [-0.39, 0.29) is 0 Å². The van der Waals surface area contributed by atoms with Gasteiger partial charge in [0.1, 0.15) is 5.82 Å². The highest BCUT2D eigenvalue weighted by Crippen LogP contribution is 2.25. The summed E-state index contributed by atoms with van der Waals surface area (Å²) in [7, 11) is 1.87. The van der Waals surface area contributed by atoms with Crippen LogP contribution in [-0.4, -0.2) is 17.0 Å². The van der Waals surface area contributed by atoms with Crippen molar-refractivity contribution >= 4 is 11.6 Å². The minimum atomic E-state index is 0.669. The van der Waals surface area contributed by atoms with Crippen LogP contribution in [-0.2, 0) is 6.54 Å². The third-order valence-electron chi connectivity index (χ3n) is 2.23. The Morgan fingerprint density at radius 3 is 2.50 bits per heavy atom. The van der Waals surface area contributed by atoms with Crippen LogP contribution in [0.2, 0.25) is 5.02 Å². The van der Waals surface area contributed by atoms with Gasteiger partial charge in [0.2, 0.25) is 0 Å². The first kappa shape index (κ1) is 11.0. The summed E-state index contributed by atoms with van der Waals surface area (Å²) in [5.41, 5.74) is 1.89. The quantitative estimate of drug-likeness (QED) is 0.885. The van der Waals surface area contributed by atoms with Gasteiger partial charge < -0.3 is 5.32 Å². The summed E-state index contributed by atoms with van der Waals surface area (Å²) < 4.78 is 0. The van der Waals surface area contributed by atoms with E-state index in [0.717, 1.165) is 17.0 Å². The Labute approximate surface area is 99.5 Å². The largest absolute Gasteiger partial charge is 0.313 e. The molecule has 0 fully saturated rings. The van der Waals surface area contributed by atoms with E-state index in [2.05, 4.69) is 15.3 Å². The van der Waals surface area contributed by atoms with E-state index >= 15 is 0 Å². The molecule has 3 nitrogen and oxygen atoms in total. The zero-order chi connectivity index (χ0) is 11.4. The van der Waals surface area contributed by atoms with Gasteiger partial charge in [-0.15, -0.1) is 0 Å². The topological polar surface area (TPSA) is 37.8 Å². The summed E-state index contributed by atoms with van der Waals surface area (Å²) in [5.74, 6) is 0.776. The van der Waals surface area contributed by atoms with Gasteiger partial charge in [0.25, 0.3) is 0 Å². The summed E-state index contributed by atoms with van der Waals surface area (Å²) >= 11 is 6.09. The van der Waals surface area contributed by atoms with Crippen LogP contribution < -0.4 is 5.32 Å². The Bertz CT molecular complexity index is 468. The Kier molecular flexibility index (Phi) is 3.49. The zero-order valence-corrected chi connectivity index (χ0v) is 9.70. The minimum Gasteiger partial charge on any atom is -0.313 e. The fourth-order valence-corrected chi connectivity index (χ4v) is 1.68. The summed E-state index contributed by atoms with van der Waals surface area (Å²) in [6.07, 6.45) is 3.59. The van der Waals surface area contributed by atoms with Crippen LogP contribution >= 0.6 is 11.6 Å². The van der Waals surface area contributed by atoms with Gasteiger partial charge in [-0.1, -0.05) is 29.8 Å². The zero-order valence-electron chi connectivity index (χ0n) is 8.94. The fourth-order valence-electron chi connectivity index (χ4n) is 1.44. The monoisotopic (exact) mass is 233 g/mol. The smallest absolute Gasteiger partial charge is 0.141 e. The molecule has 1 N–H and O–H groups in total. The lowest BCUT2D eigenvalue weighted by Crippen LogP contribution is -2.08. The third kappa shape index (κ3) is 2.38. The first-order valence-electron chi connectivity index (χ1n) is 5.01. The molecule has 0 radical (unpaired) electrons. The highest BCUT2D eigenvalue weighted by atomic mass is 35.5. The number of nitrogens with one attached hydrogen (secondary N) is 1. The number of nitrogens with zero attached hydrogens (tertiary/aromatic N) is 2. The van der Waals surface area contributed by atoms with E-state index in [1.54, 1.807) is 12.4 Å². The Morgan fingerprint density at radius 1 is 1.19 bits per heavy atom. The first-order chi connectivity index (χ1) is 7.81. The lowest BCUT2D eigenvalue weighted by Gasteiger charge is -2.04. The standard InChI is InChI=1S/C12H12ClN3/c1-14-8-12-15-6-9(7-16-12)10-4-2-3-5-11(10)13/h2-7,14H,8H2,1H3. The van der Waals surface area contributed by atoms with E-state index in [4.69, 9.17) is 11.6 Å². The second kappa shape index (κ2) is 5.05. The van der Waals surface area contributed by atoms with Crippen molar-refractivity contribution in [3.8, 4) is 11.1 Å². The van der Waals surface area contributed by atoms with Crippen LogP contribution in [0.15, 0.2) is 36.7 Å². The van der Waals surface area contributed by atoms with Crippen LogP contribution in [0.25, 0.3) is 11.1 Å². The van der Waals surface area contributed by atoms with Crippen LogP contribution in [0.3, 0.4) is 0 Å². The average Bonchev–Trinajstić information content (AvgIpc) is 2.31. The normalized spacial score (nSPS) is 10.4. The molecule has 0 saturated heterocycles. The maximum Gasteiger partial charge on any atom is 0.141 e. The maximum absolute atomic E-state index is 6.09. The summed E-state index contributed by atoms with van der Waals surface area (Å²) in [6, 6.07) is 7.67. The predicted octanol–water partition coefficient (Wildman–Crippen LogP) is 2.52. The lowest BCUT2D eigenvalue weighted by molar-refractivity contribution is 0.758. The molecule has 2 rings (SSSR count). The minimum absolute atomic E-state index is 0.669. The Morgan fingerprint density at radius 2 is 1.88 bits per heavy atom. The van der Waals surface area contributed by atoms with Crippen molar-refractivity contribution in [2.24, 2.45) is 0 Å². The molecule has 1 aromatic heterocycles. The first-order valence-corrected chi connectivity index (χ1v) is 5.39. The van der Waals surface area contributed by atoms with Crippen molar-refractivity contribution in [1.29, 1.82) is 0 Å². The van der Waals surface area contributed by atoms with Gasteiger partial charge in [0.05, 0.1) is 6.54 Å². The Balaban J connectivity index is 2.31. The van der Waals surface area contributed by atoms with E-state index < -0.39 is 0 Å². The number of halogens is 1. The summed E-state index contributed by atoms with van der Waals surface area (Å²) in [4.78, 5) is 8.51. The molecule has 4 heteroatoms. The van der Waals surface area contributed by atoms with Crippen molar-refractivity contribution in [3.63, 3.8) is 0 Å². The number of rotatable bonds is 3. The molecule has 16 heavy (non-hydrogen) atoms. The van der Waals surface area contributed by atoms with Gasteiger partial charge in [-0.3, -0.25) is 0 Å². The molecular weight excluding hydrogens is 222 g/mol. The third-order valence-corrected chi connectivity index (χ3v) is 2.55. The SMILES string of the molecule is CNCc1ncc(-c2ccccc2Cl)cn1. The molecule has 1 heterocycles. The molecule has 0 saturated carbocycles. The molecule has 0 spiro atoms. The number of hydrogen-bond acceptors (Lipinski definition) is 3. The molecule has 0 amide bonds. The van der Waals surface area contributed by atoms with E-state index in [1.165, 1.54) is 0 Å². The average molecular weight is 234 g/mol. The fraction of sp³-hybridized carbons (Fsp3) is 0.167. The summed E-state index contributed by atoms with van der Waals surface area (Å²) in [5, 5.41) is 3.72. The lowest BCUT2D eigenvalue weighted by atomic mass is 10.1. The van der Waals surface area contributed by atoms with Crippen molar-refractivity contribution in [2.75, 3.05) is 7.05 Å². The molecule has 0 atom stereocenters. The van der Waals surface area contributed by atoms with Gasteiger partial charge in [0, 0.05) is 28.5 Å². The highest BCUT2D eigenvalue weighted by molar-refractivity contribution is 6.33. The van der Waals surface area contributed by atoms with Crippen LogP contribution in [0.5, 0.6) is 0 Å². The van der Waals surface area contributed by atoms with Crippen LogP contribution in [0.1, 0.15) is 5.82 Å². The van der Waals surface area contributed by atoms with Gasteiger partial charge in [-0.05, 0) is 13.1 Å². The van der Waals surface area contributed by atoms with Crippen molar-refractivity contribution < 1.29 is 0 Å². The number of hydrogen-bond donors (Lipinski definition) is 1. The second-order valence-electron chi connectivity index (χ2n) is 3.40. The molecule has 0 aliphatic rings. The molecule has 2 aromatic rings. The molecule has 82 valence electrons. The van der Waals surface area contributed by atoms with E-state index in [1.807, 2.05) is 31.3 Å². The highest BCUT2D eigenvalue weighted by Gasteiger charge is 2.03. The van der Waals surface area contributed by atoms with Gasteiger partial charge in [-0.2, -0.15) is 0 Å². The molecular formula is C12H12ClN3. The van der Waals surface area contributed by atoms with Crippen LogP contribution in [0, 0.1) is 0 Å². The number of aromatic nitrogens is 2.